The van der Waals surface area contributed by atoms with Gasteiger partial charge in [-0.2, -0.15) is 0 Å². The van der Waals surface area contributed by atoms with Crippen molar-refractivity contribution in [3.05, 3.63) is 48.8 Å². The van der Waals surface area contributed by atoms with Crippen LogP contribution in [0.4, 0.5) is 5.69 Å². The molecule has 0 fully saturated rings. The molecule has 0 aliphatic rings. The van der Waals surface area contributed by atoms with Crippen molar-refractivity contribution in [2.75, 3.05) is 17.6 Å². The lowest BCUT2D eigenvalue weighted by atomic mass is 10.2. The maximum Gasteiger partial charge on any atom is 0.251 e. The normalized spacial score (nSPS) is 10.1. The Balaban J connectivity index is 1.85. The summed E-state index contributed by atoms with van der Waals surface area (Å²) in [7, 11) is 1.82. The quantitative estimate of drug-likeness (QED) is 0.592. The summed E-state index contributed by atoms with van der Waals surface area (Å²) < 4.78 is 1.74. The Labute approximate surface area is 138 Å². The summed E-state index contributed by atoms with van der Waals surface area (Å²) in [5.74, 6) is -0.101. The lowest BCUT2D eigenvalue weighted by Gasteiger charge is -2.06. The van der Waals surface area contributed by atoms with E-state index in [4.69, 9.17) is 0 Å². The fourth-order valence-corrected chi connectivity index (χ4v) is 2.39. The third kappa shape index (κ3) is 4.96. The van der Waals surface area contributed by atoms with Crippen molar-refractivity contribution >= 4 is 29.3 Å². The van der Waals surface area contributed by atoms with Crippen molar-refractivity contribution in [3.63, 3.8) is 0 Å². The zero-order valence-electron chi connectivity index (χ0n) is 12.7. The van der Waals surface area contributed by atoms with E-state index in [2.05, 4.69) is 27.4 Å². The number of amides is 2. The van der Waals surface area contributed by atoms with Crippen molar-refractivity contribution < 1.29 is 9.59 Å². The Morgan fingerprint density at radius 1 is 1.35 bits per heavy atom. The molecular weight excluding hydrogens is 314 g/mol. The molecule has 0 saturated carbocycles. The Kier molecular flexibility index (Phi) is 5.93. The van der Waals surface area contributed by atoms with Crippen LogP contribution in [0.2, 0.25) is 0 Å². The molecule has 0 unspecified atom stereocenters. The smallest absolute Gasteiger partial charge is 0.251 e. The average Bonchev–Trinajstić information content (AvgIpc) is 2.96. The summed E-state index contributed by atoms with van der Waals surface area (Å²) in [6, 6.07) is 6.69. The molecule has 0 spiro atoms. The maximum absolute atomic E-state index is 11.9. The van der Waals surface area contributed by atoms with E-state index in [0.29, 0.717) is 23.0 Å². The molecule has 2 amide bonds. The van der Waals surface area contributed by atoms with Crippen LogP contribution in [0, 0.1) is 0 Å². The van der Waals surface area contributed by atoms with E-state index in [1.165, 1.54) is 11.8 Å². The van der Waals surface area contributed by atoms with E-state index in [0.717, 1.165) is 0 Å². The largest absolute Gasteiger partial charge is 0.349 e. The number of carbonyl (C=O) groups excluding carboxylic acids is 2. The Morgan fingerprint density at radius 3 is 2.70 bits per heavy atom. The van der Waals surface area contributed by atoms with Gasteiger partial charge in [-0.15, -0.1) is 16.8 Å². The SMILES string of the molecule is C=CCNC(=O)c1ccc(NC(=O)CSc2nncn2C)cc1. The molecule has 0 radical (unpaired) electrons. The van der Waals surface area contributed by atoms with Crippen molar-refractivity contribution in [2.24, 2.45) is 7.05 Å². The van der Waals surface area contributed by atoms with Gasteiger partial charge in [-0.3, -0.25) is 9.59 Å². The predicted molar refractivity (Wildman–Crippen MR) is 89.3 cm³/mol. The second kappa shape index (κ2) is 8.14. The number of nitrogens with zero attached hydrogens (tertiary/aromatic N) is 3. The number of rotatable bonds is 7. The summed E-state index contributed by atoms with van der Waals surface area (Å²) in [6.07, 6.45) is 3.19. The number of hydrogen-bond acceptors (Lipinski definition) is 5. The van der Waals surface area contributed by atoms with Gasteiger partial charge in [0, 0.05) is 24.8 Å². The molecule has 1 heterocycles. The lowest BCUT2D eigenvalue weighted by molar-refractivity contribution is -0.113. The second-order valence-corrected chi connectivity index (χ2v) is 5.58. The van der Waals surface area contributed by atoms with Gasteiger partial charge in [-0.1, -0.05) is 17.8 Å². The summed E-state index contributed by atoms with van der Waals surface area (Å²) in [5, 5.41) is 13.8. The molecule has 2 N–H and O–H groups in total. The predicted octanol–water partition coefficient (Wildman–Crippen LogP) is 1.46. The number of thioether (sulfide) groups is 1. The molecule has 23 heavy (non-hydrogen) atoms. The number of hydrogen-bond donors (Lipinski definition) is 2. The lowest BCUT2D eigenvalue weighted by Crippen LogP contribution is -2.23. The first kappa shape index (κ1) is 16.8. The number of carbonyl (C=O) groups is 2. The number of benzene rings is 1. The molecule has 2 aromatic rings. The van der Waals surface area contributed by atoms with Crippen molar-refractivity contribution in [2.45, 2.75) is 5.16 Å². The van der Waals surface area contributed by atoms with Gasteiger partial charge in [-0.05, 0) is 24.3 Å². The highest BCUT2D eigenvalue weighted by Crippen LogP contribution is 2.15. The summed E-state index contributed by atoms with van der Waals surface area (Å²) >= 11 is 1.30. The standard InChI is InChI=1S/C15H17N5O2S/c1-3-8-16-14(22)11-4-6-12(7-5-11)18-13(21)9-23-15-19-17-10-20(15)2/h3-7,10H,1,8-9H2,2H3,(H,16,22)(H,18,21). The summed E-state index contributed by atoms with van der Waals surface area (Å²) in [4.78, 5) is 23.6. The highest BCUT2D eigenvalue weighted by molar-refractivity contribution is 7.99. The molecule has 0 saturated heterocycles. The van der Waals surface area contributed by atoms with E-state index in [9.17, 15) is 9.59 Å². The first-order valence-corrected chi connectivity index (χ1v) is 7.84. The second-order valence-electron chi connectivity index (χ2n) is 4.64. The third-order valence-corrected chi connectivity index (χ3v) is 3.87. The van der Waals surface area contributed by atoms with Crippen LogP contribution in [0.5, 0.6) is 0 Å². The highest BCUT2D eigenvalue weighted by Gasteiger charge is 2.08. The van der Waals surface area contributed by atoms with Gasteiger partial charge in [0.05, 0.1) is 5.75 Å². The number of nitrogens with one attached hydrogen (secondary N) is 2. The van der Waals surface area contributed by atoms with Gasteiger partial charge in [0.25, 0.3) is 5.91 Å². The molecule has 0 atom stereocenters. The first-order chi connectivity index (χ1) is 11.1. The van der Waals surface area contributed by atoms with Crippen LogP contribution >= 0.6 is 11.8 Å². The van der Waals surface area contributed by atoms with Crippen LogP contribution in [-0.4, -0.2) is 38.9 Å². The first-order valence-electron chi connectivity index (χ1n) is 6.86. The molecule has 8 heteroatoms. The minimum atomic E-state index is -0.180. The fourth-order valence-electron chi connectivity index (χ4n) is 1.70. The Morgan fingerprint density at radius 2 is 2.09 bits per heavy atom. The topological polar surface area (TPSA) is 88.9 Å². The number of anilines is 1. The monoisotopic (exact) mass is 331 g/mol. The third-order valence-electron chi connectivity index (χ3n) is 2.84. The molecule has 1 aromatic heterocycles. The van der Waals surface area contributed by atoms with Gasteiger partial charge in [0.2, 0.25) is 5.91 Å². The van der Waals surface area contributed by atoms with Crippen LogP contribution in [-0.2, 0) is 11.8 Å². The minimum absolute atomic E-state index is 0.151. The zero-order valence-corrected chi connectivity index (χ0v) is 13.5. The minimum Gasteiger partial charge on any atom is -0.349 e. The fraction of sp³-hybridized carbons (Fsp3) is 0.200. The molecular formula is C15H17N5O2S. The molecule has 1 aromatic carbocycles. The molecule has 0 bridgehead atoms. The van der Waals surface area contributed by atoms with E-state index >= 15 is 0 Å². The van der Waals surface area contributed by atoms with E-state index in [-0.39, 0.29) is 17.6 Å². The van der Waals surface area contributed by atoms with E-state index < -0.39 is 0 Å². The number of aromatic nitrogens is 3. The van der Waals surface area contributed by atoms with Gasteiger partial charge in [0.15, 0.2) is 5.16 Å². The number of aryl methyl sites for hydroxylation is 1. The van der Waals surface area contributed by atoms with E-state index in [1.807, 2.05) is 7.05 Å². The molecule has 120 valence electrons. The Hall–Kier alpha value is -2.61. The van der Waals surface area contributed by atoms with Gasteiger partial charge >= 0.3 is 0 Å². The van der Waals surface area contributed by atoms with E-state index in [1.54, 1.807) is 41.2 Å². The van der Waals surface area contributed by atoms with Crippen LogP contribution in [0.1, 0.15) is 10.4 Å². The van der Waals surface area contributed by atoms with Crippen molar-refractivity contribution in [1.82, 2.24) is 20.1 Å². The van der Waals surface area contributed by atoms with Gasteiger partial charge < -0.3 is 15.2 Å². The summed E-state index contributed by atoms with van der Waals surface area (Å²) in [5.41, 5.74) is 1.16. The molecule has 0 aliphatic carbocycles. The average molecular weight is 331 g/mol. The van der Waals surface area contributed by atoms with Gasteiger partial charge in [0.1, 0.15) is 6.33 Å². The molecule has 2 rings (SSSR count). The van der Waals surface area contributed by atoms with Crippen LogP contribution < -0.4 is 10.6 Å². The summed E-state index contributed by atoms with van der Waals surface area (Å²) in [6.45, 7) is 3.95. The Bertz CT molecular complexity index is 696. The highest BCUT2D eigenvalue weighted by atomic mass is 32.2. The van der Waals surface area contributed by atoms with Gasteiger partial charge in [-0.25, -0.2) is 0 Å². The van der Waals surface area contributed by atoms with Crippen molar-refractivity contribution in [3.8, 4) is 0 Å². The van der Waals surface area contributed by atoms with Crippen LogP contribution in [0.3, 0.4) is 0 Å². The van der Waals surface area contributed by atoms with Crippen LogP contribution in [0.25, 0.3) is 0 Å². The molecule has 0 aliphatic heterocycles. The molecule has 7 nitrogen and oxygen atoms in total. The van der Waals surface area contributed by atoms with Crippen LogP contribution in [0.15, 0.2) is 48.4 Å². The zero-order chi connectivity index (χ0) is 16.7. The maximum atomic E-state index is 11.9. The van der Waals surface area contributed by atoms with Crippen molar-refractivity contribution in [1.29, 1.82) is 0 Å².